The van der Waals surface area contributed by atoms with Crippen LogP contribution in [0, 0.1) is 6.92 Å². The van der Waals surface area contributed by atoms with Gasteiger partial charge in [-0.1, -0.05) is 0 Å². The molecule has 0 fully saturated rings. The molecule has 6 nitrogen and oxygen atoms in total. The van der Waals surface area contributed by atoms with Crippen LogP contribution in [-0.4, -0.2) is 23.2 Å². The molecule has 0 radical (unpaired) electrons. The lowest BCUT2D eigenvalue weighted by Crippen LogP contribution is -2.06. The number of aryl methyl sites for hydroxylation is 1. The minimum Gasteiger partial charge on any atom is -0.381 e. The van der Waals surface area contributed by atoms with Crippen LogP contribution in [0.15, 0.2) is 11.0 Å². The zero-order chi connectivity index (χ0) is 9.35. The fraction of sp³-hybridized carbons (Fsp3) is 0.200. The number of hydrogen-bond donors (Lipinski definition) is 2. The predicted octanol–water partition coefficient (Wildman–Crippen LogP) is -0.386. The predicted molar refractivity (Wildman–Crippen MR) is 41.0 cm³/mol. The smallest absolute Gasteiger partial charge is 0.298 e. The average molecular weight is 189 g/mol. The van der Waals surface area contributed by atoms with Gasteiger partial charge in [-0.25, -0.2) is 0 Å². The Morgan fingerprint density at radius 2 is 2.08 bits per heavy atom. The molecule has 0 bridgehead atoms. The summed E-state index contributed by atoms with van der Waals surface area (Å²) in [5.41, 5.74) is 5.53. The third kappa shape index (κ3) is 1.69. The van der Waals surface area contributed by atoms with Crippen LogP contribution in [0.5, 0.6) is 0 Å². The van der Waals surface area contributed by atoms with E-state index < -0.39 is 15.0 Å². The van der Waals surface area contributed by atoms with Crippen LogP contribution in [0.1, 0.15) is 5.69 Å². The molecule has 0 saturated carbocycles. The molecule has 7 heteroatoms. The van der Waals surface area contributed by atoms with E-state index in [4.69, 9.17) is 10.3 Å². The first-order valence-electron chi connectivity index (χ1n) is 2.98. The molecule has 0 aliphatic carbocycles. The summed E-state index contributed by atoms with van der Waals surface area (Å²) >= 11 is 0. The van der Waals surface area contributed by atoms with Gasteiger partial charge in [0.15, 0.2) is 5.82 Å². The third-order valence-corrected chi connectivity index (χ3v) is 2.07. The fourth-order valence-electron chi connectivity index (χ4n) is 0.681. The summed E-state index contributed by atoms with van der Waals surface area (Å²) in [6.45, 7) is 1.54. The number of aromatic nitrogens is 2. The average Bonchev–Trinajstić information content (AvgIpc) is 1.92. The number of hydrogen-bond acceptors (Lipinski definition) is 5. The van der Waals surface area contributed by atoms with E-state index in [0.717, 1.165) is 6.07 Å². The zero-order valence-electron chi connectivity index (χ0n) is 6.22. The van der Waals surface area contributed by atoms with Crippen molar-refractivity contribution in [2.75, 3.05) is 5.73 Å². The van der Waals surface area contributed by atoms with Gasteiger partial charge in [-0.3, -0.25) is 4.55 Å². The maximum atomic E-state index is 10.6. The molecule has 0 amide bonds. The van der Waals surface area contributed by atoms with Gasteiger partial charge < -0.3 is 5.73 Å². The number of anilines is 1. The summed E-state index contributed by atoms with van der Waals surface area (Å²) in [5, 5.41) is 6.84. The highest BCUT2D eigenvalue weighted by Crippen LogP contribution is 2.14. The summed E-state index contributed by atoms with van der Waals surface area (Å²) in [4.78, 5) is -0.407. The van der Waals surface area contributed by atoms with Crippen LogP contribution in [0.3, 0.4) is 0 Å². The lowest BCUT2D eigenvalue weighted by Gasteiger charge is -1.99. The van der Waals surface area contributed by atoms with E-state index in [1.807, 2.05) is 0 Å². The second kappa shape index (κ2) is 2.68. The lowest BCUT2D eigenvalue weighted by atomic mass is 10.4. The van der Waals surface area contributed by atoms with Crippen molar-refractivity contribution < 1.29 is 13.0 Å². The van der Waals surface area contributed by atoms with Gasteiger partial charge in [0.05, 0.1) is 5.69 Å². The van der Waals surface area contributed by atoms with Gasteiger partial charge in [-0.2, -0.15) is 13.5 Å². The molecule has 1 heterocycles. The Morgan fingerprint density at radius 3 is 2.50 bits per heavy atom. The van der Waals surface area contributed by atoms with Gasteiger partial charge in [-0.05, 0) is 13.0 Å². The molecule has 1 aromatic heterocycles. The normalized spacial score (nSPS) is 11.5. The molecule has 0 saturated heterocycles. The first kappa shape index (κ1) is 8.88. The van der Waals surface area contributed by atoms with Crippen molar-refractivity contribution in [3.05, 3.63) is 11.8 Å². The fourth-order valence-corrected chi connectivity index (χ4v) is 1.31. The van der Waals surface area contributed by atoms with Crippen LogP contribution < -0.4 is 5.73 Å². The number of rotatable bonds is 1. The molecule has 0 atom stereocenters. The van der Waals surface area contributed by atoms with E-state index in [0.29, 0.717) is 5.69 Å². The molecule has 0 unspecified atom stereocenters. The minimum atomic E-state index is -4.28. The molecule has 66 valence electrons. The Bertz CT molecular complexity index is 400. The molecule has 1 aromatic rings. The highest BCUT2D eigenvalue weighted by Gasteiger charge is 2.15. The SMILES string of the molecule is Cc1cc(S(=O)(=O)O)c(N)nn1. The van der Waals surface area contributed by atoms with Crippen molar-refractivity contribution in [3.63, 3.8) is 0 Å². The molecule has 3 N–H and O–H groups in total. The van der Waals surface area contributed by atoms with Crippen molar-refractivity contribution in [3.8, 4) is 0 Å². The Labute approximate surface area is 69.2 Å². The molecule has 12 heavy (non-hydrogen) atoms. The van der Waals surface area contributed by atoms with Crippen molar-refractivity contribution in [1.29, 1.82) is 0 Å². The Hall–Kier alpha value is -1.21. The van der Waals surface area contributed by atoms with Gasteiger partial charge in [-0.15, -0.1) is 5.10 Å². The van der Waals surface area contributed by atoms with Crippen LogP contribution in [-0.2, 0) is 10.1 Å². The first-order valence-corrected chi connectivity index (χ1v) is 4.42. The number of nitrogen functional groups attached to an aromatic ring is 1. The molecule has 0 spiro atoms. The first-order chi connectivity index (χ1) is 5.41. The van der Waals surface area contributed by atoms with E-state index in [9.17, 15) is 8.42 Å². The highest BCUT2D eigenvalue weighted by atomic mass is 32.2. The Morgan fingerprint density at radius 1 is 1.50 bits per heavy atom. The molecular formula is C5H7N3O3S. The van der Waals surface area contributed by atoms with Crippen molar-refractivity contribution in [2.24, 2.45) is 0 Å². The second-order valence-electron chi connectivity index (χ2n) is 2.21. The van der Waals surface area contributed by atoms with Gasteiger partial charge in [0.1, 0.15) is 4.90 Å². The van der Waals surface area contributed by atoms with Gasteiger partial charge >= 0.3 is 0 Å². The topological polar surface area (TPSA) is 106 Å². The Balaban J connectivity index is 3.43. The van der Waals surface area contributed by atoms with Gasteiger partial charge in [0.2, 0.25) is 0 Å². The second-order valence-corrected chi connectivity index (χ2v) is 3.60. The van der Waals surface area contributed by atoms with Crippen molar-refractivity contribution in [1.82, 2.24) is 10.2 Å². The maximum absolute atomic E-state index is 10.6. The molecule has 0 aliphatic heterocycles. The van der Waals surface area contributed by atoms with Crippen LogP contribution in [0.4, 0.5) is 5.82 Å². The van der Waals surface area contributed by atoms with Crippen molar-refractivity contribution in [2.45, 2.75) is 11.8 Å². The third-order valence-electron chi connectivity index (χ3n) is 1.19. The van der Waals surface area contributed by atoms with E-state index in [1.165, 1.54) is 0 Å². The van der Waals surface area contributed by atoms with Crippen molar-refractivity contribution >= 4 is 15.9 Å². The quantitative estimate of drug-likeness (QED) is 0.583. The highest BCUT2D eigenvalue weighted by molar-refractivity contribution is 7.86. The molecule has 0 aliphatic rings. The number of nitrogens with two attached hydrogens (primary N) is 1. The summed E-state index contributed by atoms with van der Waals surface area (Å²) in [7, 11) is -4.28. The standard InChI is InChI=1S/C5H7N3O3S/c1-3-2-4(12(9,10)11)5(6)8-7-3/h2H,1H3,(H2,6,8)(H,9,10,11). The van der Waals surface area contributed by atoms with E-state index in [1.54, 1.807) is 6.92 Å². The largest absolute Gasteiger partial charge is 0.381 e. The van der Waals surface area contributed by atoms with E-state index >= 15 is 0 Å². The van der Waals surface area contributed by atoms with E-state index in [-0.39, 0.29) is 5.82 Å². The number of nitrogens with zero attached hydrogens (tertiary/aromatic N) is 2. The lowest BCUT2D eigenvalue weighted by molar-refractivity contribution is 0.483. The summed E-state index contributed by atoms with van der Waals surface area (Å²) in [6.07, 6.45) is 0. The monoisotopic (exact) mass is 189 g/mol. The summed E-state index contributed by atoms with van der Waals surface area (Å²) in [5.74, 6) is -0.303. The van der Waals surface area contributed by atoms with Crippen LogP contribution >= 0.6 is 0 Å². The maximum Gasteiger partial charge on any atom is 0.298 e. The Kier molecular flexibility index (Phi) is 1.99. The van der Waals surface area contributed by atoms with Crippen LogP contribution in [0.2, 0.25) is 0 Å². The van der Waals surface area contributed by atoms with Crippen LogP contribution in [0.25, 0.3) is 0 Å². The molecular weight excluding hydrogens is 182 g/mol. The zero-order valence-corrected chi connectivity index (χ0v) is 7.04. The van der Waals surface area contributed by atoms with Gasteiger partial charge in [0.25, 0.3) is 10.1 Å². The molecule has 1 rings (SSSR count). The summed E-state index contributed by atoms with van der Waals surface area (Å²) < 4.78 is 29.8. The van der Waals surface area contributed by atoms with Gasteiger partial charge in [0, 0.05) is 0 Å². The summed E-state index contributed by atoms with van der Waals surface area (Å²) in [6, 6.07) is 1.15. The van der Waals surface area contributed by atoms with E-state index in [2.05, 4.69) is 10.2 Å². The molecule has 0 aromatic carbocycles. The minimum absolute atomic E-state index is 0.303.